The fourth-order valence-electron chi connectivity index (χ4n) is 1.18. The minimum atomic E-state index is -0.272. The van der Waals surface area contributed by atoms with Gasteiger partial charge in [0.15, 0.2) is 5.01 Å². The summed E-state index contributed by atoms with van der Waals surface area (Å²) in [5.41, 5.74) is 0.496. The van der Waals surface area contributed by atoms with Crippen LogP contribution in [0.15, 0.2) is 24.3 Å². The second kappa shape index (κ2) is 4.68. The second-order valence-electron chi connectivity index (χ2n) is 2.92. The van der Waals surface area contributed by atoms with E-state index < -0.39 is 0 Å². The van der Waals surface area contributed by atoms with Crippen LogP contribution in [0.25, 0.3) is 10.6 Å². The molecule has 0 saturated carbocycles. The second-order valence-corrected chi connectivity index (χ2v) is 4.36. The van der Waals surface area contributed by atoms with Crippen LogP contribution in [0, 0.1) is 5.82 Å². The van der Waals surface area contributed by atoms with Crippen LogP contribution in [-0.2, 0) is 6.42 Å². The number of benzene rings is 1. The van der Waals surface area contributed by atoms with Crippen LogP contribution in [-0.4, -0.2) is 16.1 Å². The number of hydrogen-bond acceptors (Lipinski definition) is 3. The number of rotatable bonds is 3. The molecule has 0 amide bonds. The molecule has 1 heterocycles. The quantitative estimate of drug-likeness (QED) is 0.773. The molecule has 2 rings (SSSR count). The van der Waals surface area contributed by atoms with E-state index in [4.69, 9.17) is 11.6 Å². The third-order valence-corrected chi connectivity index (χ3v) is 3.08. The zero-order valence-electron chi connectivity index (χ0n) is 7.78. The fourth-order valence-corrected chi connectivity index (χ4v) is 2.34. The van der Waals surface area contributed by atoms with Crippen molar-refractivity contribution in [3.8, 4) is 10.6 Å². The lowest BCUT2D eigenvalue weighted by atomic mass is 10.2. The molecule has 2 aromatic rings. The van der Waals surface area contributed by atoms with Crippen molar-refractivity contribution in [1.29, 1.82) is 0 Å². The van der Waals surface area contributed by atoms with Gasteiger partial charge in [-0.05, 0) is 12.1 Å². The summed E-state index contributed by atoms with van der Waals surface area (Å²) >= 11 is 6.97. The summed E-state index contributed by atoms with van der Waals surface area (Å²) in [4.78, 5) is 0. The predicted molar refractivity (Wildman–Crippen MR) is 59.7 cm³/mol. The Bertz CT molecular complexity index is 458. The molecule has 0 N–H and O–H groups in total. The third kappa shape index (κ3) is 2.33. The van der Waals surface area contributed by atoms with Crippen LogP contribution in [0.5, 0.6) is 0 Å². The number of aryl methyl sites for hydroxylation is 1. The minimum absolute atomic E-state index is 0.272. The Hall–Kier alpha value is -1.00. The molecule has 0 saturated heterocycles. The number of alkyl halides is 1. The smallest absolute Gasteiger partial charge is 0.150 e. The zero-order valence-corrected chi connectivity index (χ0v) is 9.35. The van der Waals surface area contributed by atoms with Crippen LogP contribution in [0.4, 0.5) is 4.39 Å². The summed E-state index contributed by atoms with van der Waals surface area (Å²) in [6, 6.07) is 6.54. The van der Waals surface area contributed by atoms with Gasteiger partial charge in [-0.2, -0.15) is 0 Å². The lowest BCUT2D eigenvalue weighted by Crippen LogP contribution is -1.83. The average Bonchev–Trinajstić information content (AvgIpc) is 2.68. The fraction of sp³-hybridized carbons (Fsp3) is 0.200. The van der Waals surface area contributed by atoms with E-state index in [-0.39, 0.29) is 5.82 Å². The molecule has 0 radical (unpaired) electrons. The molecule has 5 heteroatoms. The van der Waals surface area contributed by atoms with E-state index in [9.17, 15) is 4.39 Å². The highest BCUT2D eigenvalue weighted by Gasteiger charge is 2.09. The van der Waals surface area contributed by atoms with Crippen molar-refractivity contribution in [2.75, 3.05) is 5.88 Å². The molecule has 0 aliphatic carbocycles. The molecule has 0 fully saturated rings. The van der Waals surface area contributed by atoms with Gasteiger partial charge in [-0.25, -0.2) is 4.39 Å². The van der Waals surface area contributed by atoms with Gasteiger partial charge in [0.05, 0.1) is 0 Å². The highest BCUT2D eigenvalue weighted by Crippen LogP contribution is 2.25. The van der Waals surface area contributed by atoms with Gasteiger partial charge in [-0.3, -0.25) is 0 Å². The van der Waals surface area contributed by atoms with Crippen LogP contribution in [0.3, 0.4) is 0 Å². The van der Waals surface area contributed by atoms with Crippen LogP contribution in [0.2, 0.25) is 0 Å². The van der Waals surface area contributed by atoms with Crippen molar-refractivity contribution in [1.82, 2.24) is 10.2 Å². The highest BCUT2D eigenvalue weighted by molar-refractivity contribution is 7.14. The van der Waals surface area contributed by atoms with Crippen molar-refractivity contribution >= 4 is 22.9 Å². The maximum atomic E-state index is 13.4. The Morgan fingerprint density at radius 2 is 2.07 bits per heavy atom. The third-order valence-electron chi connectivity index (χ3n) is 1.88. The van der Waals surface area contributed by atoms with Crippen molar-refractivity contribution in [3.63, 3.8) is 0 Å². The Morgan fingerprint density at radius 3 is 2.80 bits per heavy atom. The van der Waals surface area contributed by atoms with E-state index in [1.54, 1.807) is 18.2 Å². The minimum Gasteiger partial charge on any atom is -0.206 e. The summed E-state index contributed by atoms with van der Waals surface area (Å²) < 4.78 is 13.4. The zero-order chi connectivity index (χ0) is 10.7. The van der Waals surface area contributed by atoms with Crippen molar-refractivity contribution in [2.45, 2.75) is 6.42 Å². The van der Waals surface area contributed by atoms with Crippen molar-refractivity contribution in [3.05, 3.63) is 35.1 Å². The van der Waals surface area contributed by atoms with E-state index >= 15 is 0 Å². The molecule has 0 spiro atoms. The van der Waals surface area contributed by atoms with E-state index in [1.165, 1.54) is 17.4 Å². The van der Waals surface area contributed by atoms with Gasteiger partial charge in [-0.1, -0.05) is 23.5 Å². The van der Waals surface area contributed by atoms with Crippen LogP contribution >= 0.6 is 22.9 Å². The molecule has 0 aliphatic rings. The van der Waals surface area contributed by atoms with E-state index in [0.29, 0.717) is 22.9 Å². The van der Waals surface area contributed by atoms with Gasteiger partial charge >= 0.3 is 0 Å². The Morgan fingerprint density at radius 1 is 1.27 bits per heavy atom. The normalized spacial score (nSPS) is 10.5. The molecule has 1 aromatic carbocycles. The van der Waals surface area contributed by atoms with E-state index in [2.05, 4.69) is 10.2 Å². The number of halogens is 2. The van der Waals surface area contributed by atoms with E-state index in [0.717, 1.165) is 5.01 Å². The lowest BCUT2D eigenvalue weighted by molar-refractivity contribution is 0.631. The number of nitrogens with zero attached hydrogens (tertiary/aromatic N) is 2. The first kappa shape index (κ1) is 10.5. The maximum Gasteiger partial charge on any atom is 0.150 e. The lowest BCUT2D eigenvalue weighted by Gasteiger charge is -1.95. The molecular formula is C10H8ClFN2S. The standard InChI is InChI=1S/C10H8ClFN2S/c11-6-5-9-13-14-10(15-9)7-3-1-2-4-8(7)12/h1-4H,5-6H2. The Labute approximate surface area is 95.7 Å². The SMILES string of the molecule is Fc1ccccc1-c1nnc(CCCl)s1. The monoisotopic (exact) mass is 242 g/mol. The van der Waals surface area contributed by atoms with Crippen LogP contribution < -0.4 is 0 Å². The summed E-state index contributed by atoms with van der Waals surface area (Å²) in [7, 11) is 0. The highest BCUT2D eigenvalue weighted by atomic mass is 35.5. The molecule has 0 bridgehead atoms. The van der Waals surface area contributed by atoms with Gasteiger partial charge in [0.2, 0.25) is 0 Å². The van der Waals surface area contributed by atoms with Gasteiger partial charge in [0, 0.05) is 17.9 Å². The first-order valence-corrected chi connectivity index (χ1v) is 5.79. The summed E-state index contributed by atoms with van der Waals surface area (Å²) in [6.45, 7) is 0. The topological polar surface area (TPSA) is 25.8 Å². The van der Waals surface area contributed by atoms with E-state index in [1.807, 2.05) is 0 Å². The first-order chi connectivity index (χ1) is 7.31. The number of hydrogen-bond donors (Lipinski definition) is 0. The molecule has 0 unspecified atom stereocenters. The van der Waals surface area contributed by atoms with Crippen molar-refractivity contribution < 1.29 is 4.39 Å². The molecule has 1 aromatic heterocycles. The summed E-state index contributed by atoms with van der Waals surface area (Å²) in [6.07, 6.45) is 0.674. The maximum absolute atomic E-state index is 13.4. The first-order valence-electron chi connectivity index (χ1n) is 4.44. The van der Waals surface area contributed by atoms with Gasteiger partial charge in [0.25, 0.3) is 0 Å². The molecule has 15 heavy (non-hydrogen) atoms. The van der Waals surface area contributed by atoms with Crippen molar-refractivity contribution in [2.24, 2.45) is 0 Å². The molecule has 0 aliphatic heterocycles. The molecule has 78 valence electrons. The Balaban J connectivity index is 2.33. The molecule has 2 nitrogen and oxygen atoms in total. The molecular weight excluding hydrogens is 235 g/mol. The van der Waals surface area contributed by atoms with Gasteiger partial charge in [-0.15, -0.1) is 21.8 Å². The van der Waals surface area contributed by atoms with Gasteiger partial charge < -0.3 is 0 Å². The van der Waals surface area contributed by atoms with Gasteiger partial charge in [0.1, 0.15) is 10.8 Å². The average molecular weight is 243 g/mol. The van der Waals surface area contributed by atoms with Crippen LogP contribution in [0.1, 0.15) is 5.01 Å². The largest absolute Gasteiger partial charge is 0.206 e. The summed E-state index contributed by atoms with van der Waals surface area (Å²) in [5, 5.41) is 9.32. The Kier molecular flexibility index (Phi) is 3.28. The number of aromatic nitrogens is 2. The molecule has 0 atom stereocenters. The summed E-state index contributed by atoms with van der Waals surface area (Å²) in [5.74, 6) is 0.234. The predicted octanol–water partition coefficient (Wildman–Crippen LogP) is 3.13.